The van der Waals surface area contributed by atoms with Crippen molar-refractivity contribution in [1.82, 2.24) is 0 Å². The third-order valence-corrected chi connectivity index (χ3v) is 6.09. The lowest BCUT2D eigenvalue weighted by atomic mass is 9.81. The van der Waals surface area contributed by atoms with Gasteiger partial charge in [-0.1, -0.05) is 18.2 Å². The van der Waals surface area contributed by atoms with Gasteiger partial charge in [0.05, 0.1) is 23.8 Å². The average Bonchev–Trinajstić information content (AvgIpc) is 2.72. The Balaban J connectivity index is 1.36. The molecule has 0 unspecified atom stereocenters. The van der Waals surface area contributed by atoms with Crippen molar-refractivity contribution in [3.8, 4) is 12.1 Å². The lowest BCUT2D eigenvalue weighted by Gasteiger charge is -2.32. The normalized spacial score (nSPS) is 29.2. The van der Waals surface area contributed by atoms with Gasteiger partial charge in [-0.25, -0.2) is 0 Å². The Morgan fingerprint density at radius 1 is 0.923 bits per heavy atom. The van der Waals surface area contributed by atoms with Crippen LogP contribution < -0.4 is 0 Å². The number of ether oxygens (including phenoxy) is 1. The van der Waals surface area contributed by atoms with Crippen LogP contribution in [0.15, 0.2) is 36.4 Å². The highest BCUT2D eigenvalue weighted by atomic mass is 16.5. The molecule has 2 fully saturated rings. The predicted octanol–water partition coefficient (Wildman–Crippen LogP) is 5.49. The number of hydrogen-bond donors (Lipinski definition) is 0. The third-order valence-electron chi connectivity index (χ3n) is 6.09. The van der Waals surface area contributed by atoms with E-state index in [4.69, 9.17) is 15.3 Å². The lowest BCUT2D eigenvalue weighted by Crippen LogP contribution is -2.25. The molecule has 0 aliphatic heterocycles. The number of nitriles is 2. The molecule has 3 heteroatoms. The monoisotopic (exact) mass is 348 g/mol. The second-order valence-electron chi connectivity index (χ2n) is 7.81. The van der Waals surface area contributed by atoms with E-state index in [-0.39, 0.29) is 0 Å². The minimum absolute atomic E-state index is 0.417. The van der Waals surface area contributed by atoms with E-state index in [2.05, 4.69) is 30.3 Å². The van der Waals surface area contributed by atoms with Gasteiger partial charge in [0.15, 0.2) is 0 Å². The number of benzene rings is 1. The van der Waals surface area contributed by atoms with Crippen LogP contribution >= 0.6 is 0 Å². The van der Waals surface area contributed by atoms with Gasteiger partial charge in [-0.2, -0.15) is 10.5 Å². The van der Waals surface area contributed by atoms with Crippen LogP contribution in [0.4, 0.5) is 0 Å². The van der Waals surface area contributed by atoms with Gasteiger partial charge in [0.1, 0.15) is 0 Å². The molecule has 0 saturated heterocycles. The molecule has 0 bridgehead atoms. The van der Waals surface area contributed by atoms with Gasteiger partial charge in [0.2, 0.25) is 0 Å². The van der Waals surface area contributed by atoms with Gasteiger partial charge in [-0.05, 0) is 86.8 Å². The van der Waals surface area contributed by atoms with Gasteiger partial charge < -0.3 is 4.74 Å². The van der Waals surface area contributed by atoms with Crippen LogP contribution in [-0.2, 0) is 4.74 Å². The fourth-order valence-electron chi connectivity index (χ4n) is 4.39. The van der Waals surface area contributed by atoms with Crippen molar-refractivity contribution in [2.24, 2.45) is 11.8 Å². The molecular formula is C23H28N2O. The van der Waals surface area contributed by atoms with Crippen LogP contribution in [-0.4, -0.2) is 12.7 Å². The molecule has 26 heavy (non-hydrogen) atoms. The molecule has 0 N–H and O–H groups in total. The maximum atomic E-state index is 8.91. The first kappa shape index (κ1) is 18.7. The number of nitrogens with zero attached hydrogens (tertiary/aromatic N) is 2. The van der Waals surface area contributed by atoms with Crippen molar-refractivity contribution < 1.29 is 4.74 Å². The Morgan fingerprint density at radius 3 is 2.23 bits per heavy atom. The Labute approximate surface area is 157 Å². The molecule has 3 nitrogen and oxygen atoms in total. The maximum absolute atomic E-state index is 8.91. The molecule has 0 amide bonds. The van der Waals surface area contributed by atoms with Gasteiger partial charge in [-0.3, -0.25) is 0 Å². The molecule has 0 heterocycles. The summed E-state index contributed by atoms with van der Waals surface area (Å²) < 4.78 is 6.25. The largest absolute Gasteiger partial charge is 0.378 e. The standard InChI is InChI=1S/C23H28N2O/c24-15-1-2-18-3-5-20(6-4-18)17-26-23-13-11-22(12-14-23)21-9-7-19(16-25)8-10-21/h1-2,7-10,18,20,22-23H,3-6,11-14,17H2. The summed E-state index contributed by atoms with van der Waals surface area (Å²) >= 11 is 0. The zero-order valence-corrected chi connectivity index (χ0v) is 15.4. The second kappa shape index (κ2) is 9.56. The smallest absolute Gasteiger partial charge is 0.0991 e. The topological polar surface area (TPSA) is 56.8 Å². The van der Waals surface area contributed by atoms with Crippen molar-refractivity contribution in [2.45, 2.75) is 63.4 Å². The zero-order chi connectivity index (χ0) is 18.2. The van der Waals surface area contributed by atoms with Crippen molar-refractivity contribution in [3.63, 3.8) is 0 Å². The summed E-state index contributed by atoms with van der Waals surface area (Å²) in [7, 11) is 0. The molecule has 0 atom stereocenters. The quantitative estimate of drug-likeness (QED) is 0.661. The average molecular weight is 348 g/mol. The fourth-order valence-corrected chi connectivity index (χ4v) is 4.39. The van der Waals surface area contributed by atoms with E-state index in [1.54, 1.807) is 6.08 Å². The first-order valence-corrected chi connectivity index (χ1v) is 9.96. The van der Waals surface area contributed by atoms with E-state index in [9.17, 15) is 0 Å². The van der Waals surface area contributed by atoms with Gasteiger partial charge in [0, 0.05) is 12.7 Å². The molecular weight excluding hydrogens is 320 g/mol. The summed E-state index contributed by atoms with van der Waals surface area (Å²) in [5.74, 6) is 1.90. The van der Waals surface area contributed by atoms with Crippen molar-refractivity contribution in [2.75, 3.05) is 6.61 Å². The van der Waals surface area contributed by atoms with Crippen LogP contribution in [0.25, 0.3) is 0 Å². The van der Waals surface area contributed by atoms with Gasteiger partial charge in [-0.15, -0.1) is 0 Å². The fraction of sp³-hybridized carbons (Fsp3) is 0.565. The number of allylic oxidation sites excluding steroid dienone is 2. The number of rotatable bonds is 5. The molecule has 0 radical (unpaired) electrons. The zero-order valence-electron chi connectivity index (χ0n) is 15.4. The van der Waals surface area contributed by atoms with E-state index in [1.165, 1.54) is 44.1 Å². The third kappa shape index (κ3) is 5.20. The predicted molar refractivity (Wildman–Crippen MR) is 102 cm³/mol. The first-order valence-electron chi connectivity index (χ1n) is 9.96. The van der Waals surface area contributed by atoms with E-state index >= 15 is 0 Å². The summed E-state index contributed by atoms with van der Waals surface area (Å²) in [4.78, 5) is 0. The van der Waals surface area contributed by atoms with Crippen LogP contribution in [0.2, 0.25) is 0 Å². The summed E-state index contributed by atoms with van der Waals surface area (Å²) in [6.07, 6.45) is 13.6. The molecule has 2 aliphatic carbocycles. The van der Waals surface area contributed by atoms with Crippen molar-refractivity contribution in [1.29, 1.82) is 10.5 Å². The molecule has 1 aromatic rings. The minimum atomic E-state index is 0.417. The lowest BCUT2D eigenvalue weighted by molar-refractivity contribution is -0.00337. The highest BCUT2D eigenvalue weighted by molar-refractivity contribution is 5.33. The Morgan fingerprint density at radius 2 is 1.62 bits per heavy atom. The molecule has 1 aromatic carbocycles. The summed E-state index contributed by atoms with van der Waals surface area (Å²) in [5, 5.41) is 17.5. The second-order valence-corrected chi connectivity index (χ2v) is 7.81. The molecule has 0 spiro atoms. The minimum Gasteiger partial charge on any atom is -0.378 e. The van der Waals surface area contributed by atoms with E-state index in [0.717, 1.165) is 25.0 Å². The van der Waals surface area contributed by atoms with Crippen LogP contribution in [0.3, 0.4) is 0 Å². The SMILES string of the molecule is N#CC=CC1CCC(COC2CCC(c3ccc(C#N)cc3)CC2)CC1. The van der Waals surface area contributed by atoms with E-state index < -0.39 is 0 Å². The van der Waals surface area contributed by atoms with Crippen molar-refractivity contribution in [3.05, 3.63) is 47.5 Å². The summed E-state index contributed by atoms with van der Waals surface area (Å²) in [5.41, 5.74) is 2.11. The number of hydrogen-bond acceptors (Lipinski definition) is 3. The highest BCUT2D eigenvalue weighted by Gasteiger charge is 2.25. The Kier molecular flexibility index (Phi) is 6.87. The molecule has 0 aromatic heterocycles. The molecule has 2 saturated carbocycles. The Bertz CT molecular complexity index is 664. The summed E-state index contributed by atoms with van der Waals surface area (Å²) in [6.45, 7) is 0.904. The van der Waals surface area contributed by atoms with E-state index in [0.29, 0.717) is 23.9 Å². The van der Waals surface area contributed by atoms with E-state index in [1.807, 2.05) is 12.1 Å². The van der Waals surface area contributed by atoms with Crippen LogP contribution in [0.1, 0.15) is 68.4 Å². The first-order chi connectivity index (χ1) is 12.8. The van der Waals surface area contributed by atoms with Crippen LogP contribution in [0, 0.1) is 34.5 Å². The van der Waals surface area contributed by atoms with Gasteiger partial charge in [0.25, 0.3) is 0 Å². The highest BCUT2D eigenvalue weighted by Crippen LogP contribution is 2.35. The van der Waals surface area contributed by atoms with Crippen molar-refractivity contribution >= 4 is 0 Å². The van der Waals surface area contributed by atoms with Crippen LogP contribution in [0.5, 0.6) is 0 Å². The van der Waals surface area contributed by atoms with Gasteiger partial charge >= 0.3 is 0 Å². The summed E-state index contributed by atoms with van der Waals surface area (Å²) in [6, 6.07) is 12.4. The molecule has 3 rings (SSSR count). The maximum Gasteiger partial charge on any atom is 0.0991 e. The molecule has 2 aliphatic rings. The Hall–Kier alpha value is -2.10. The molecule has 136 valence electrons.